The maximum atomic E-state index is 13.1. The van der Waals surface area contributed by atoms with Crippen molar-refractivity contribution in [1.82, 2.24) is 0 Å². The predicted octanol–water partition coefficient (Wildman–Crippen LogP) is 5.67. The van der Waals surface area contributed by atoms with E-state index in [4.69, 9.17) is 4.74 Å². The van der Waals surface area contributed by atoms with Crippen LogP contribution >= 0.6 is 0 Å². The summed E-state index contributed by atoms with van der Waals surface area (Å²) in [4.78, 5) is 10.3. The van der Waals surface area contributed by atoms with Gasteiger partial charge in [0.05, 0.1) is 4.92 Å². The van der Waals surface area contributed by atoms with Crippen LogP contribution in [0.2, 0.25) is 0 Å². The monoisotopic (exact) mass is 479 g/mol. The van der Waals surface area contributed by atoms with Crippen molar-refractivity contribution >= 4 is 27.3 Å². The molecule has 0 spiro atoms. The Labute approximate surface area is 187 Å². The van der Waals surface area contributed by atoms with Crippen LogP contribution in [0.3, 0.4) is 0 Å². The van der Waals surface area contributed by atoms with Gasteiger partial charge in [-0.2, -0.15) is 21.6 Å². The van der Waals surface area contributed by atoms with Gasteiger partial charge in [0, 0.05) is 23.3 Å². The second kappa shape index (κ2) is 9.33. The van der Waals surface area contributed by atoms with Crippen LogP contribution in [0.5, 0.6) is 5.75 Å². The van der Waals surface area contributed by atoms with Gasteiger partial charge in [-0.25, -0.2) is 0 Å². The number of alkyl halides is 3. The molecule has 0 atom stereocenters. The minimum Gasteiger partial charge on any atom is -0.453 e. The van der Waals surface area contributed by atoms with Gasteiger partial charge in [-0.05, 0) is 19.1 Å². The average molecular weight is 479 g/mol. The third-order valence-corrected chi connectivity index (χ3v) is 5.25. The number of ether oxygens (including phenoxy) is 1. The van der Waals surface area contributed by atoms with E-state index in [1.807, 2.05) is 0 Å². The number of nitro groups is 1. The molecule has 172 valence electrons. The van der Waals surface area contributed by atoms with Crippen LogP contribution in [-0.2, 0) is 14.3 Å². The number of rotatable bonds is 7. The lowest BCUT2D eigenvalue weighted by Gasteiger charge is -2.18. The van der Waals surface area contributed by atoms with E-state index < -0.39 is 26.3 Å². The minimum atomic E-state index is -6.04. The molecule has 0 aliphatic carbocycles. The van der Waals surface area contributed by atoms with Crippen LogP contribution in [0.4, 0.5) is 18.9 Å². The summed E-state index contributed by atoms with van der Waals surface area (Å²) < 4.78 is 73.5. The van der Waals surface area contributed by atoms with Crippen molar-refractivity contribution in [2.24, 2.45) is 0 Å². The molecule has 0 amide bonds. The molecule has 3 aromatic rings. The van der Waals surface area contributed by atoms with Crippen molar-refractivity contribution in [3.63, 3.8) is 0 Å². The quantitative estimate of drug-likeness (QED) is 0.108. The van der Waals surface area contributed by atoms with Gasteiger partial charge in [-0.3, -0.25) is 10.1 Å². The Balaban J connectivity index is 2.23. The first-order valence-electron chi connectivity index (χ1n) is 9.28. The van der Waals surface area contributed by atoms with Gasteiger partial charge in [0.2, 0.25) is 0 Å². The molecule has 0 fully saturated rings. The SMILES string of the molecule is Cc1ccc(/C(Oc2ccc([N+](=O)[O-])cc2)=C(/OS(=O)(=O)C(F)(F)F)c2ccccc2)cc1. The van der Waals surface area contributed by atoms with Gasteiger partial charge in [-0.15, -0.1) is 0 Å². The van der Waals surface area contributed by atoms with Crippen LogP contribution in [0.1, 0.15) is 16.7 Å². The molecular weight excluding hydrogens is 463 g/mol. The molecule has 3 rings (SSSR count). The van der Waals surface area contributed by atoms with E-state index in [0.29, 0.717) is 0 Å². The summed E-state index contributed by atoms with van der Waals surface area (Å²) in [5.74, 6) is -1.02. The van der Waals surface area contributed by atoms with Gasteiger partial charge in [0.25, 0.3) is 5.69 Å². The van der Waals surface area contributed by atoms with E-state index in [1.165, 1.54) is 48.5 Å². The maximum Gasteiger partial charge on any atom is 0.534 e. The standard InChI is InChI=1S/C22H16F3NO6S/c1-15-7-9-17(10-8-15)20(31-19-13-11-18(12-14-19)26(27)28)21(16-5-3-2-4-6-16)32-33(29,30)22(23,24)25/h2-14H,1H3/b21-20-. The molecule has 0 N–H and O–H groups in total. The number of nitrogens with zero attached hydrogens (tertiary/aromatic N) is 1. The van der Waals surface area contributed by atoms with E-state index in [9.17, 15) is 31.7 Å². The first kappa shape index (κ1) is 23.8. The first-order chi connectivity index (χ1) is 15.5. The lowest BCUT2D eigenvalue weighted by atomic mass is 10.1. The number of aryl methyl sites for hydroxylation is 1. The predicted molar refractivity (Wildman–Crippen MR) is 114 cm³/mol. The van der Waals surface area contributed by atoms with E-state index in [-0.39, 0.29) is 28.3 Å². The zero-order valence-corrected chi connectivity index (χ0v) is 17.8. The van der Waals surface area contributed by atoms with Crippen molar-refractivity contribution in [1.29, 1.82) is 0 Å². The highest BCUT2D eigenvalue weighted by atomic mass is 32.2. The fourth-order valence-electron chi connectivity index (χ4n) is 2.66. The average Bonchev–Trinajstić information content (AvgIpc) is 2.77. The van der Waals surface area contributed by atoms with Gasteiger partial charge in [0.1, 0.15) is 5.75 Å². The van der Waals surface area contributed by atoms with Crippen molar-refractivity contribution in [3.8, 4) is 5.75 Å². The smallest absolute Gasteiger partial charge is 0.453 e. The minimum absolute atomic E-state index is 0.00260. The Bertz CT molecular complexity index is 1270. The maximum absolute atomic E-state index is 13.1. The number of benzene rings is 3. The number of nitro benzene ring substituents is 1. The lowest BCUT2D eigenvalue weighted by molar-refractivity contribution is -0.384. The molecular formula is C22H16F3NO6S. The zero-order chi connectivity index (χ0) is 24.2. The van der Waals surface area contributed by atoms with Crippen molar-refractivity contribution in [2.45, 2.75) is 12.4 Å². The number of non-ortho nitro benzene ring substituents is 1. The van der Waals surface area contributed by atoms with Crippen LogP contribution in [0, 0.1) is 17.0 Å². The second-order valence-corrected chi connectivity index (χ2v) is 8.26. The van der Waals surface area contributed by atoms with Crippen molar-refractivity contribution < 1.29 is 35.4 Å². The molecule has 0 aliphatic heterocycles. The van der Waals surface area contributed by atoms with Crippen LogP contribution in [0.15, 0.2) is 78.9 Å². The van der Waals surface area contributed by atoms with E-state index in [0.717, 1.165) is 17.7 Å². The molecule has 3 aromatic carbocycles. The third-order valence-electron chi connectivity index (χ3n) is 4.30. The molecule has 0 heterocycles. The molecule has 0 radical (unpaired) electrons. The summed E-state index contributed by atoms with van der Waals surface area (Å²) in [5, 5.41) is 10.9. The number of hydrogen-bond donors (Lipinski definition) is 0. The van der Waals surface area contributed by atoms with Crippen LogP contribution in [-0.4, -0.2) is 18.8 Å². The zero-order valence-electron chi connectivity index (χ0n) is 16.9. The Morgan fingerprint density at radius 1 is 0.848 bits per heavy atom. The highest BCUT2D eigenvalue weighted by molar-refractivity contribution is 7.87. The normalized spacial score (nSPS) is 12.6. The molecule has 11 heteroatoms. The Kier molecular flexibility index (Phi) is 6.73. The van der Waals surface area contributed by atoms with Gasteiger partial charge >= 0.3 is 15.6 Å². The Hall–Kier alpha value is -3.86. The Morgan fingerprint density at radius 2 is 1.39 bits per heavy atom. The van der Waals surface area contributed by atoms with Gasteiger partial charge in [-0.1, -0.05) is 60.2 Å². The summed E-state index contributed by atoms with van der Waals surface area (Å²) in [5.41, 5.74) is -4.86. The van der Waals surface area contributed by atoms with Crippen LogP contribution < -0.4 is 4.74 Å². The van der Waals surface area contributed by atoms with E-state index in [1.54, 1.807) is 25.1 Å². The first-order valence-corrected chi connectivity index (χ1v) is 10.7. The van der Waals surface area contributed by atoms with Crippen LogP contribution in [0.25, 0.3) is 11.5 Å². The molecule has 0 aromatic heterocycles. The van der Waals surface area contributed by atoms with Gasteiger partial charge < -0.3 is 8.92 Å². The second-order valence-electron chi connectivity index (χ2n) is 6.73. The summed E-state index contributed by atoms with van der Waals surface area (Å²) in [6.07, 6.45) is 0. The molecule has 0 unspecified atom stereocenters. The highest BCUT2D eigenvalue weighted by Crippen LogP contribution is 2.36. The fraction of sp³-hybridized carbons (Fsp3) is 0.0909. The molecule has 0 bridgehead atoms. The molecule has 0 aliphatic rings. The number of halogens is 3. The lowest BCUT2D eigenvalue weighted by Crippen LogP contribution is -2.25. The van der Waals surface area contributed by atoms with Crippen molar-refractivity contribution in [2.75, 3.05) is 0 Å². The molecule has 0 saturated carbocycles. The summed E-state index contributed by atoms with van der Waals surface area (Å²) in [6.45, 7) is 1.78. The largest absolute Gasteiger partial charge is 0.534 e. The van der Waals surface area contributed by atoms with Gasteiger partial charge in [0.15, 0.2) is 11.5 Å². The highest BCUT2D eigenvalue weighted by Gasteiger charge is 2.49. The van der Waals surface area contributed by atoms with Crippen molar-refractivity contribution in [3.05, 3.63) is 106 Å². The molecule has 0 saturated heterocycles. The van der Waals surface area contributed by atoms with E-state index >= 15 is 0 Å². The molecule has 7 nitrogen and oxygen atoms in total. The van der Waals surface area contributed by atoms with E-state index in [2.05, 4.69) is 4.18 Å². The molecule has 33 heavy (non-hydrogen) atoms. The Morgan fingerprint density at radius 3 is 1.91 bits per heavy atom. The summed E-state index contributed by atoms with van der Waals surface area (Å²) >= 11 is 0. The third kappa shape index (κ3) is 5.69. The summed E-state index contributed by atoms with van der Waals surface area (Å²) in [6, 6.07) is 18.3. The topological polar surface area (TPSA) is 95.7 Å². The number of hydrogen-bond acceptors (Lipinski definition) is 6. The summed E-state index contributed by atoms with van der Waals surface area (Å²) in [7, 11) is -6.04. The fourth-order valence-corrected chi connectivity index (χ4v) is 3.14.